The number of nitriles is 1. The largest absolute Gasteiger partial charge is 0.504 e. The van der Waals surface area contributed by atoms with Crippen LogP contribution in [-0.4, -0.2) is 29.4 Å². The Labute approximate surface area is 180 Å². The number of amides is 1. The molecular weight excluding hydrogens is 400 g/mol. The summed E-state index contributed by atoms with van der Waals surface area (Å²) >= 11 is 0. The molecule has 0 aliphatic heterocycles. The average Bonchev–Trinajstić information content (AvgIpc) is 2.75. The Bertz CT molecular complexity index is 979. The van der Waals surface area contributed by atoms with Gasteiger partial charge in [-0.25, -0.2) is 9.59 Å². The molecule has 0 aliphatic carbocycles. The van der Waals surface area contributed by atoms with E-state index >= 15 is 0 Å². The Morgan fingerprint density at radius 3 is 2.52 bits per heavy atom. The standard InChI is InChI=1S/C23H24N2O6/c1-15(5-3-4-6-21(27)28)22(17-9-12-20(30-2)19(26)13-17)31-23(29)25-18-10-7-16(14-24)8-11-18/h4,6-13,15,22,26H,3,5H2,1-2H3,(H,25,29)(H,27,28)/b6-4+/t15-,22+/m1/s1. The van der Waals surface area contributed by atoms with Crippen molar-refractivity contribution >= 4 is 17.7 Å². The zero-order valence-corrected chi connectivity index (χ0v) is 17.2. The number of anilines is 1. The van der Waals surface area contributed by atoms with E-state index in [9.17, 15) is 14.7 Å². The summed E-state index contributed by atoms with van der Waals surface area (Å²) in [6.07, 6.45) is 2.24. The summed E-state index contributed by atoms with van der Waals surface area (Å²) in [6, 6.07) is 13.1. The molecule has 2 aromatic carbocycles. The third-order valence-corrected chi connectivity index (χ3v) is 4.59. The van der Waals surface area contributed by atoms with Gasteiger partial charge in [0, 0.05) is 11.8 Å². The number of allylic oxidation sites excluding steroid dienone is 1. The Morgan fingerprint density at radius 2 is 1.94 bits per heavy atom. The van der Waals surface area contributed by atoms with E-state index in [2.05, 4.69) is 5.32 Å². The Hall–Kier alpha value is -3.99. The van der Waals surface area contributed by atoms with Crippen molar-refractivity contribution in [2.45, 2.75) is 25.9 Å². The summed E-state index contributed by atoms with van der Waals surface area (Å²) < 4.78 is 10.7. The monoisotopic (exact) mass is 424 g/mol. The van der Waals surface area contributed by atoms with E-state index in [4.69, 9.17) is 19.8 Å². The van der Waals surface area contributed by atoms with Crippen LogP contribution in [0, 0.1) is 17.2 Å². The van der Waals surface area contributed by atoms with Gasteiger partial charge in [0.1, 0.15) is 6.10 Å². The maximum absolute atomic E-state index is 12.5. The number of carbonyl (C=O) groups is 2. The van der Waals surface area contributed by atoms with Crippen LogP contribution < -0.4 is 10.1 Å². The number of ether oxygens (including phenoxy) is 2. The van der Waals surface area contributed by atoms with Gasteiger partial charge in [0.15, 0.2) is 11.5 Å². The van der Waals surface area contributed by atoms with Crippen molar-refractivity contribution in [1.82, 2.24) is 0 Å². The maximum Gasteiger partial charge on any atom is 0.412 e. The van der Waals surface area contributed by atoms with Crippen LogP contribution in [0.5, 0.6) is 11.5 Å². The Kier molecular flexibility index (Phi) is 8.46. The first-order valence-corrected chi connectivity index (χ1v) is 9.58. The highest BCUT2D eigenvalue weighted by atomic mass is 16.6. The van der Waals surface area contributed by atoms with Gasteiger partial charge in [-0.15, -0.1) is 0 Å². The summed E-state index contributed by atoms with van der Waals surface area (Å²) in [4.78, 5) is 23.1. The first-order chi connectivity index (χ1) is 14.8. The Morgan fingerprint density at radius 1 is 1.23 bits per heavy atom. The number of rotatable bonds is 9. The van der Waals surface area contributed by atoms with E-state index in [1.165, 1.54) is 19.3 Å². The molecule has 1 amide bonds. The second-order valence-electron chi connectivity index (χ2n) is 6.87. The number of methoxy groups -OCH3 is 1. The first-order valence-electron chi connectivity index (χ1n) is 9.58. The van der Waals surface area contributed by atoms with E-state index in [1.54, 1.807) is 36.4 Å². The number of hydrogen-bond acceptors (Lipinski definition) is 6. The van der Waals surface area contributed by atoms with Gasteiger partial charge in [-0.2, -0.15) is 5.26 Å². The lowest BCUT2D eigenvalue weighted by molar-refractivity contribution is -0.131. The number of benzene rings is 2. The third-order valence-electron chi connectivity index (χ3n) is 4.59. The van der Waals surface area contributed by atoms with Gasteiger partial charge >= 0.3 is 12.1 Å². The van der Waals surface area contributed by atoms with Gasteiger partial charge in [-0.05, 0) is 60.7 Å². The number of nitrogens with one attached hydrogen (secondary N) is 1. The highest BCUT2D eigenvalue weighted by molar-refractivity contribution is 5.84. The van der Waals surface area contributed by atoms with Gasteiger partial charge in [0.25, 0.3) is 0 Å². The number of phenolic OH excluding ortho intramolecular Hbond substituents is 1. The topological polar surface area (TPSA) is 129 Å². The van der Waals surface area contributed by atoms with Crippen molar-refractivity contribution in [3.8, 4) is 17.6 Å². The highest BCUT2D eigenvalue weighted by Gasteiger charge is 2.24. The quantitative estimate of drug-likeness (QED) is 0.501. The molecule has 31 heavy (non-hydrogen) atoms. The fourth-order valence-electron chi connectivity index (χ4n) is 2.98. The van der Waals surface area contributed by atoms with Crippen LogP contribution in [0.1, 0.15) is 37.0 Å². The summed E-state index contributed by atoms with van der Waals surface area (Å²) in [6.45, 7) is 1.87. The van der Waals surface area contributed by atoms with E-state index in [0.29, 0.717) is 35.4 Å². The molecular formula is C23H24N2O6. The second-order valence-corrected chi connectivity index (χ2v) is 6.87. The van der Waals surface area contributed by atoms with Crippen molar-refractivity contribution in [2.75, 3.05) is 12.4 Å². The number of aromatic hydroxyl groups is 1. The fourth-order valence-corrected chi connectivity index (χ4v) is 2.98. The molecule has 0 bridgehead atoms. The molecule has 2 atom stereocenters. The van der Waals surface area contributed by atoms with Crippen molar-refractivity contribution in [2.24, 2.45) is 5.92 Å². The van der Waals surface area contributed by atoms with Crippen LogP contribution in [0.4, 0.5) is 10.5 Å². The van der Waals surface area contributed by atoms with Crippen LogP contribution in [0.25, 0.3) is 0 Å². The number of carbonyl (C=O) groups excluding carboxylic acids is 1. The molecule has 0 aliphatic rings. The van der Waals surface area contributed by atoms with Gasteiger partial charge in [-0.1, -0.05) is 19.1 Å². The molecule has 0 fully saturated rings. The van der Waals surface area contributed by atoms with Crippen molar-refractivity contribution in [3.63, 3.8) is 0 Å². The minimum Gasteiger partial charge on any atom is -0.504 e. The van der Waals surface area contributed by atoms with Crippen LogP contribution in [0.3, 0.4) is 0 Å². The number of carboxylic acid groups (broad SMARTS) is 1. The molecule has 0 saturated heterocycles. The molecule has 3 N–H and O–H groups in total. The van der Waals surface area contributed by atoms with Crippen molar-refractivity contribution in [3.05, 3.63) is 65.7 Å². The van der Waals surface area contributed by atoms with E-state index < -0.39 is 18.2 Å². The summed E-state index contributed by atoms with van der Waals surface area (Å²) in [7, 11) is 1.44. The summed E-state index contributed by atoms with van der Waals surface area (Å²) in [5.74, 6) is -0.999. The predicted molar refractivity (Wildman–Crippen MR) is 114 cm³/mol. The third kappa shape index (κ3) is 7.08. The zero-order valence-electron chi connectivity index (χ0n) is 17.2. The molecule has 0 aromatic heterocycles. The lowest BCUT2D eigenvalue weighted by Gasteiger charge is -2.25. The van der Waals surface area contributed by atoms with Crippen LogP contribution in [0.2, 0.25) is 0 Å². The van der Waals surface area contributed by atoms with Crippen LogP contribution in [0.15, 0.2) is 54.6 Å². The van der Waals surface area contributed by atoms with Crippen molar-refractivity contribution < 1.29 is 29.3 Å². The molecule has 162 valence electrons. The Balaban J connectivity index is 2.17. The fraction of sp³-hybridized carbons (Fsp3) is 0.261. The summed E-state index contributed by atoms with van der Waals surface area (Å²) in [5.41, 5.74) is 1.51. The predicted octanol–water partition coefficient (Wildman–Crippen LogP) is 4.62. The molecule has 0 spiro atoms. The molecule has 8 nitrogen and oxygen atoms in total. The van der Waals surface area contributed by atoms with Gasteiger partial charge in [-0.3, -0.25) is 5.32 Å². The van der Waals surface area contributed by atoms with E-state index in [0.717, 1.165) is 6.08 Å². The minimum atomic E-state index is -1.03. The lowest BCUT2D eigenvalue weighted by atomic mass is 9.92. The van der Waals surface area contributed by atoms with Gasteiger partial charge in [0.2, 0.25) is 0 Å². The van der Waals surface area contributed by atoms with Crippen molar-refractivity contribution in [1.29, 1.82) is 5.26 Å². The highest BCUT2D eigenvalue weighted by Crippen LogP contribution is 2.35. The van der Waals surface area contributed by atoms with Crippen LogP contribution >= 0.6 is 0 Å². The number of hydrogen-bond donors (Lipinski definition) is 3. The number of carboxylic acids is 1. The maximum atomic E-state index is 12.5. The number of aliphatic carboxylic acids is 1. The molecule has 0 radical (unpaired) electrons. The number of nitrogens with zero attached hydrogens (tertiary/aromatic N) is 1. The molecule has 2 rings (SSSR count). The van der Waals surface area contributed by atoms with Crippen LogP contribution in [-0.2, 0) is 9.53 Å². The lowest BCUT2D eigenvalue weighted by Crippen LogP contribution is -2.22. The van der Waals surface area contributed by atoms with Gasteiger partial charge < -0.3 is 19.7 Å². The zero-order chi connectivity index (χ0) is 22.8. The SMILES string of the molecule is COc1ccc([C@@H](OC(=O)Nc2ccc(C#N)cc2)[C@H](C)CC/C=C/C(=O)O)cc1O. The normalized spacial score (nSPS) is 12.5. The van der Waals surface area contributed by atoms with Gasteiger partial charge in [0.05, 0.1) is 18.7 Å². The molecule has 0 heterocycles. The summed E-state index contributed by atoms with van der Waals surface area (Å²) in [5, 5.41) is 30.3. The minimum absolute atomic E-state index is 0.0842. The molecule has 0 unspecified atom stereocenters. The average molecular weight is 424 g/mol. The molecule has 2 aromatic rings. The second kappa shape index (κ2) is 11.3. The first kappa shape index (κ1) is 23.3. The van der Waals surface area contributed by atoms with E-state index in [-0.39, 0.29) is 11.7 Å². The molecule has 0 saturated carbocycles. The smallest absolute Gasteiger partial charge is 0.412 e. The van der Waals surface area contributed by atoms with E-state index in [1.807, 2.05) is 13.0 Å². The molecule has 8 heteroatoms. The number of phenols is 1.